The van der Waals surface area contributed by atoms with Gasteiger partial charge in [0.2, 0.25) is 5.91 Å². The van der Waals surface area contributed by atoms with Gasteiger partial charge in [-0.25, -0.2) is 0 Å². The summed E-state index contributed by atoms with van der Waals surface area (Å²) in [6, 6.07) is 4.74. The van der Waals surface area contributed by atoms with Crippen molar-refractivity contribution in [3.8, 4) is 0 Å². The Morgan fingerprint density at radius 3 is 2.72 bits per heavy atom. The predicted octanol–water partition coefficient (Wildman–Crippen LogP) is 2.01. The Labute approximate surface area is 103 Å². The van der Waals surface area contributed by atoms with Crippen molar-refractivity contribution < 1.29 is 22.7 Å². The van der Waals surface area contributed by atoms with E-state index in [1.165, 1.54) is 19.2 Å². The highest BCUT2D eigenvalue weighted by Crippen LogP contribution is 2.29. The molecule has 1 rings (SSSR count). The first-order valence-corrected chi connectivity index (χ1v) is 5.35. The lowest BCUT2D eigenvalue weighted by Crippen LogP contribution is -2.28. The zero-order chi connectivity index (χ0) is 13.6. The van der Waals surface area contributed by atoms with Gasteiger partial charge in [0.25, 0.3) is 0 Å². The number of ether oxygens (including phenoxy) is 1. The van der Waals surface area contributed by atoms with E-state index in [-0.39, 0.29) is 12.3 Å². The molecule has 1 amide bonds. The van der Waals surface area contributed by atoms with Gasteiger partial charge in [0.05, 0.1) is 18.6 Å². The molecule has 0 saturated carbocycles. The van der Waals surface area contributed by atoms with Gasteiger partial charge in [-0.05, 0) is 11.6 Å². The normalized spacial score (nSPS) is 11.3. The number of hydrogen-bond donors (Lipinski definition) is 1. The van der Waals surface area contributed by atoms with Gasteiger partial charge in [0, 0.05) is 13.7 Å². The minimum atomic E-state index is -4.39. The molecule has 0 saturated heterocycles. The molecule has 0 aliphatic heterocycles. The monoisotopic (exact) mass is 261 g/mol. The number of alkyl halides is 3. The van der Waals surface area contributed by atoms with Gasteiger partial charge in [-0.3, -0.25) is 4.79 Å². The molecule has 0 unspecified atom stereocenters. The van der Waals surface area contributed by atoms with E-state index < -0.39 is 11.7 Å². The lowest BCUT2D eigenvalue weighted by Gasteiger charge is -2.09. The van der Waals surface area contributed by atoms with E-state index in [0.29, 0.717) is 18.7 Å². The second kappa shape index (κ2) is 6.39. The van der Waals surface area contributed by atoms with Crippen LogP contribution in [0.5, 0.6) is 0 Å². The molecule has 18 heavy (non-hydrogen) atoms. The Balaban J connectivity index is 2.60. The molecule has 0 heterocycles. The molecule has 100 valence electrons. The van der Waals surface area contributed by atoms with Crippen LogP contribution >= 0.6 is 0 Å². The molecule has 0 bridgehead atoms. The number of hydrogen-bond acceptors (Lipinski definition) is 2. The summed E-state index contributed by atoms with van der Waals surface area (Å²) in [4.78, 5) is 11.4. The quantitative estimate of drug-likeness (QED) is 0.823. The van der Waals surface area contributed by atoms with Crippen LogP contribution < -0.4 is 5.32 Å². The van der Waals surface area contributed by atoms with Crippen LogP contribution in [-0.2, 0) is 22.1 Å². The summed E-state index contributed by atoms with van der Waals surface area (Å²) in [5.41, 5.74) is -0.413. The van der Waals surface area contributed by atoms with Gasteiger partial charge >= 0.3 is 6.18 Å². The van der Waals surface area contributed by atoms with Crippen molar-refractivity contribution in [2.75, 3.05) is 20.3 Å². The maximum atomic E-state index is 12.4. The third-order valence-corrected chi connectivity index (χ3v) is 2.25. The van der Waals surface area contributed by atoms with Crippen LogP contribution in [0.2, 0.25) is 0 Å². The summed E-state index contributed by atoms with van der Waals surface area (Å²) in [7, 11) is 1.50. The van der Waals surface area contributed by atoms with Crippen LogP contribution in [0.3, 0.4) is 0 Å². The SMILES string of the molecule is COCCNC(=O)Cc1cccc(C(F)(F)F)c1. The van der Waals surface area contributed by atoms with Crippen molar-refractivity contribution in [2.24, 2.45) is 0 Å². The number of rotatable bonds is 5. The van der Waals surface area contributed by atoms with Crippen LogP contribution in [0.4, 0.5) is 13.2 Å². The molecule has 1 aromatic rings. The number of benzene rings is 1. The molecule has 0 fully saturated rings. The molecule has 1 aromatic carbocycles. The average molecular weight is 261 g/mol. The highest BCUT2D eigenvalue weighted by molar-refractivity contribution is 5.78. The van der Waals surface area contributed by atoms with Gasteiger partial charge in [-0.15, -0.1) is 0 Å². The second-order valence-corrected chi connectivity index (χ2v) is 3.72. The molecule has 6 heteroatoms. The molecule has 0 spiro atoms. The molecular formula is C12H14F3NO2. The summed E-state index contributed by atoms with van der Waals surface area (Å²) in [6.07, 6.45) is -4.46. The molecular weight excluding hydrogens is 247 g/mol. The molecule has 0 aliphatic carbocycles. The molecule has 0 aliphatic rings. The highest BCUT2D eigenvalue weighted by atomic mass is 19.4. The number of carbonyl (C=O) groups is 1. The van der Waals surface area contributed by atoms with Gasteiger partial charge in [0.15, 0.2) is 0 Å². The van der Waals surface area contributed by atoms with Crippen molar-refractivity contribution >= 4 is 5.91 Å². The smallest absolute Gasteiger partial charge is 0.383 e. The summed E-state index contributed by atoms with van der Waals surface area (Å²) >= 11 is 0. The highest BCUT2D eigenvalue weighted by Gasteiger charge is 2.30. The van der Waals surface area contributed by atoms with Crippen LogP contribution in [-0.4, -0.2) is 26.2 Å². The third kappa shape index (κ3) is 4.75. The average Bonchev–Trinajstić information content (AvgIpc) is 2.28. The Morgan fingerprint density at radius 1 is 1.39 bits per heavy atom. The minimum Gasteiger partial charge on any atom is -0.383 e. The van der Waals surface area contributed by atoms with Crippen molar-refractivity contribution in [1.82, 2.24) is 5.32 Å². The fraction of sp³-hybridized carbons (Fsp3) is 0.417. The zero-order valence-corrected chi connectivity index (χ0v) is 9.88. The molecule has 3 nitrogen and oxygen atoms in total. The Bertz CT molecular complexity index is 405. The van der Waals surface area contributed by atoms with Crippen molar-refractivity contribution in [3.05, 3.63) is 35.4 Å². The standard InChI is InChI=1S/C12H14F3NO2/c1-18-6-5-16-11(17)8-9-3-2-4-10(7-9)12(13,14)15/h2-4,7H,5-6,8H2,1H3,(H,16,17). The Kier molecular flexibility index (Phi) is 5.15. The summed E-state index contributed by atoms with van der Waals surface area (Å²) < 4.78 is 42.1. The maximum Gasteiger partial charge on any atom is 0.416 e. The van der Waals surface area contributed by atoms with Gasteiger partial charge in [-0.1, -0.05) is 18.2 Å². The molecule has 0 radical (unpaired) electrons. The first-order chi connectivity index (χ1) is 8.43. The number of methoxy groups -OCH3 is 1. The Hall–Kier alpha value is -1.56. The largest absolute Gasteiger partial charge is 0.416 e. The fourth-order valence-electron chi connectivity index (χ4n) is 1.40. The van der Waals surface area contributed by atoms with Gasteiger partial charge in [0.1, 0.15) is 0 Å². The van der Waals surface area contributed by atoms with Crippen LogP contribution in [0.1, 0.15) is 11.1 Å². The van der Waals surface area contributed by atoms with E-state index in [0.717, 1.165) is 12.1 Å². The fourth-order valence-corrected chi connectivity index (χ4v) is 1.40. The van der Waals surface area contributed by atoms with Crippen LogP contribution in [0, 0.1) is 0 Å². The third-order valence-electron chi connectivity index (χ3n) is 2.25. The van der Waals surface area contributed by atoms with Crippen molar-refractivity contribution in [3.63, 3.8) is 0 Å². The predicted molar refractivity (Wildman–Crippen MR) is 60.0 cm³/mol. The Morgan fingerprint density at radius 2 is 2.11 bits per heavy atom. The minimum absolute atomic E-state index is 0.0758. The van der Waals surface area contributed by atoms with Gasteiger partial charge in [-0.2, -0.15) is 13.2 Å². The first-order valence-electron chi connectivity index (χ1n) is 5.35. The maximum absolute atomic E-state index is 12.4. The van der Waals surface area contributed by atoms with E-state index in [4.69, 9.17) is 4.74 Å². The second-order valence-electron chi connectivity index (χ2n) is 3.72. The van der Waals surface area contributed by atoms with E-state index in [9.17, 15) is 18.0 Å². The summed E-state index contributed by atoms with van der Waals surface area (Å²) in [5, 5.41) is 2.55. The van der Waals surface area contributed by atoms with E-state index in [2.05, 4.69) is 5.32 Å². The topological polar surface area (TPSA) is 38.3 Å². The van der Waals surface area contributed by atoms with E-state index in [1.807, 2.05) is 0 Å². The lowest BCUT2D eigenvalue weighted by atomic mass is 10.1. The molecule has 0 atom stereocenters. The lowest BCUT2D eigenvalue weighted by molar-refractivity contribution is -0.137. The van der Waals surface area contributed by atoms with Crippen LogP contribution in [0.25, 0.3) is 0 Å². The van der Waals surface area contributed by atoms with Gasteiger partial charge < -0.3 is 10.1 Å². The van der Waals surface area contributed by atoms with E-state index >= 15 is 0 Å². The van der Waals surface area contributed by atoms with Crippen molar-refractivity contribution in [1.29, 1.82) is 0 Å². The first kappa shape index (κ1) is 14.5. The van der Waals surface area contributed by atoms with Crippen LogP contribution in [0.15, 0.2) is 24.3 Å². The molecule has 0 aromatic heterocycles. The van der Waals surface area contributed by atoms with Crippen molar-refractivity contribution in [2.45, 2.75) is 12.6 Å². The number of halogens is 3. The summed E-state index contributed by atoms with van der Waals surface area (Å²) in [6.45, 7) is 0.711. The molecule has 1 N–H and O–H groups in total. The summed E-state index contributed by atoms with van der Waals surface area (Å²) in [5.74, 6) is -0.327. The number of amides is 1. The number of nitrogens with one attached hydrogen (secondary N) is 1. The zero-order valence-electron chi connectivity index (χ0n) is 9.88. The van der Waals surface area contributed by atoms with E-state index in [1.54, 1.807) is 0 Å². The number of carbonyl (C=O) groups excluding carboxylic acids is 1.